The Balaban J connectivity index is 1.85. The van der Waals surface area contributed by atoms with E-state index in [9.17, 15) is 4.79 Å². The molecular weight excluding hydrogens is 316 g/mol. The van der Waals surface area contributed by atoms with Gasteiger partial charge in [0.1, 0.15) is 0 Å². The number of hydrogen-bond donors (Lipinski definition) is 1. The molecule has 0 saturated carbocycles. The number of hydrogen-bond acceptors (Lipinski definition) is 4. The Kier molecular flexibility index (Phi) is 2.89. The summed E-state index contributed by atoms with van der Waals surface area (Å²) in [5, 5.41) is 2.78. The Labute approximate surface area is 115 Å². The second-order valence-corrected chi connectivity index (χ2v) is 5.26. The Hall–Kier alpha value is -1.66. The van der Waals surface area contributed by atoms with Crippen LogP contribution >= 0.6 is 27.3 Å². The molecule has 0 aliphatic carbocycles. The Morgan fingerprint density at radius 2 is 2.22 bits per heavy atom. The summed E-state index contributed by atoms with van der Waals surface area (Å²) in [6, 6.07) is 8.88. The maximum absolute atomic E-state index is 11.9. The highest BCUT2D eigenvalue weighted by molar-refractivity contribution is 9.10. The van der Waals surface area contributed by atoms with Crippen LogP contribution in [0.1, 0.15) is 10.6 Å². The van der Waals surface area contributed by atoms with Crippen LogP contribution in [0.25, 0.3) is 10.2 Å². The Morgan fingerprint density at radius 1 is 1.33 bits per heavy atom. The van der Waals surface area contributed by atoms with Crippen molar-refractivity contribution >= 4 is 49.1 Å². The van der Waals surface area contributed by atoms with Gasteiger partial charge in [0.25, 0.3) is 5.91 Å². The lowest BCUT2D eigenvalue weighted by Gasteiger charge is -2.02. The molecule has 1 amide bonds. The van der Waals surface area contributed by atoms with Crippen LogP contribution in [-0.2, 0) is 0 Å². The van der Waals surface area contributed by atoms with Gasteiger partial charge < -0.3 is 9.73 Å². The van der Waals surface area contributed by atoms with Gasteiger partial charge in [-0.05, 0) is 46.3 Å². The van der Waals surface area contributed by atoms with Crippen molar-refractivity contribution in [2.45, 2.75) is 0 Å². The molecule has 1 N–H and O–H groups in total. The third kappa shape index (κ3) is 2.16. The fraction of sp³-hybridized carbons (Fsp3) is 0. The maximum atomic E-state index is 11.9. The number of benzene rings is 1. The van der Waals surface area contributed by atoms with Crippen molar-refractivity contribution in [1.82, 2.24) is 4.98 Å². The Morgan fingerprint density at radius 3 is 3.00 bits per heavy atom. The molecule has 3 aromatic rings. The first kappa shape index (κ1) is 11.4. The molecule has 3 rings (SSSR count). The number of thiazole rings is 1. The molecule has 2 heterocycles. The normalized spacial score (nSPS) is 10.7. The summed E-state index contributed by atoms with van der Waals surface area (Å²) in [6.07, 6.45) is 0. The molecule has 0 aliphatic heterocycles. The highest BCUT2D eigenvalue weighted by Gasteiger charge is 2.11. The predicted octanol–water partition coefficient (Wildman–Crippen LogP) is 3.90. The van der Waals surface area contributed by atoms with Gasteiger partial charge >= 0.3 is 0 Å². The van der Waals surface area contributed by atoms with Crippen LogP contribution in [-0.4, -0.2) is 10.9 Å². The van der Waals surface area contributed by atoms with Crippen molar-refractivity contribution in [1.29, 1.82) is 0 Å². The minimum atomic E-state index is -0.274. The molecule has 4 nitrogen and oxygen atoms in total. The number of carbonyl (C=O) groups is 1. The topological polar surface area (TPSA) is 55.1 Å². The van der Waals surface area contributed by atoms with E-state index >= 15 is 0 Å². The molecule has 2 aromatic heterocycles. The molecule has 0 saturated heterocycles. The van der Waals surface area contributed by atoms with E-state index < -0.39 is 0 Å². The molecule has 0 fully saturated rings. The molecule has 18 heavy (non-hydrogen) atoms. The fourth-order valence-corrected chi connectivity index (χ4v) is 2.58. The Bertz CT molecular complexity index is 720. The van der Waals surface area contributed by atoms with Crippen molar-refractivity contribution in [2.75, 3.05) is 5.32 Å². The maximum Gasteiger partial charge on any atom is 0.291 e. The molecule has 0 unspecified atom stereocenters. The van der Waals surface area contributed by atoms with Crippen molar-refractivity contribution in [3.8, 4) is 0 Å². The molecule has 0 bridgehead atoms. The zero-order valence-electron chi connectivity index (χ0n) is 9.01. The van der Waals surface area contributed by atoms with E-state index in [2.05, 4.69) is 26.2 Å². The van der Waals surface area contributed by atoms with E-state index in [1.165, 1.54) is 11.3 Å². The zero-order valence-corrected chi connectivity index (χ0v) is 11.4. The third-order valence-corrected chi connectivity index (χ3v) is 3.60. The first-order valence-corrected chi connectivity index (χ1v) is 6.79. The minimum Gasteiger partial charge on any atom is -0.444 e. The fourth-order valence-electron chi connectivity index (χ4n) is 1.56. The van der Waals surface area contributed by atoms with Gasteiger partial charge in [0.15, 0.2) is 10.4 Å². The number of fused-ring (bicyclic) bond motifs is 1. The third-order valence-electron chi connectivity index (χ3n) is 2.39. The number of aromatic nitrogens is 1. The van der Waals surface area contributed by atoms with E-state index in [0.29, 0.717) is 4.67 Å². The average molecular weight is 323 g/mol. The van der Waals surface area contributed by atoms with Gasteiger partial charge in [-0.25, -0.2) is 4.98 Å². The number of halogens is 1. The number of amides is 1. The van der Waals surface area contributed by atoms with Gasteiger partial charge in [0.05, 0.1) is 15.7 Å². The van der Waals surface area contributed by atoms with Gasteiger partial charge in [0.2, 0.25) is 0 Å². The van der Waals surface area contributed by atoms with E-state index in [-0.39, 0.29) is 11.7 Å². The summed E-state index contributed by atoms with van der Waals surface area (Å²) in [5.74, 6) is -0.00385. The van der Waals surface area contributed by atoms with Gasteiger partial charge in [-0.1, -0.05) is 0 Å². The summed E-state index contributed by atoms with van der Waals surface area (Å²) in [5.41, 5.74) is 3.43. The highest BCUT2D eigenvalue weighted by Crippen LogP contribution is 2.22. The molecule has 1 aromatic carbocycles. The first-order chi connectivity index (χ1) is 8.72. The van der Waals surface area contributed by atoms with E-state index in [1.54, 1.807) is 17.6 Å². The van der Waals surface area contributed by atoms with Crippen LogP contribution in [0.3, 0.4) is 0 Å². The van der Waals surface area contributed by atoms with Crippen LogP contribution in [0.5, 0.6) is 0 Å². The van der Waals surface area contributed by atoms with Crippen LogP contribution in [0.2, 0.25) is 0 Å². The second-order valence-electron chi connectivity index (χ2n) is 3.59. The number of nitrogens with zero attached hydrogens (tertiary/aromatic N) is 1. The molecule has 0 spiro atoms. The van der Waals surface area contributed by atoms with Gasteiger partial charge in [-0.3, -0.25) is 4.79 Å². The van der Waals surface area contributed by atoms with E-state index in [0.717, 1.165) is 15.9 Å². The van der Waals surface area contributed by atoms with Gasteiger partial charge in [-0.15, -0.1) is 11.3 Å². The molecule has 0 atom stereocenters. The summed E-state index contributed by atoms with van der Waals surface area (Å²) in [4.78, 5) is 16.0. The molecule has 6 heteroatoms. The standard InChI is InChI=1S/C12H7BrN2O2S/c13-11-4-3-9(17-11)12(16)15-7-1-2-8-10(5-7)18-6-14-8/h1-6H,(H,15,16). The summed E-state index contributed by atoms with van der Waals surface area (Å²) in [6.45, 7) is 0. The summed E-state index contributed by atoms with van der Waals surface area (Å²) in [7, 11) is 0. The highest BCUT2D eigenvalue weighted by atomic mass is 79.9. The molecule has 0 aliphatic rings. The van der Waals surface area contributed by atoms with Gasteiger partial charge in [0, 0.05) is 5.69 Å². The number of furan rings is 1. The van der Waals surface area contributed by atoms with Crippen LogP contribution in [0.4, 0.5) is 5.69 Å². The molecule has 0 radical (unpaired) electrons. The van der Waals surface area contributed by atoms with Crippen molar-refractivity contribution in [3.05, 3.63) is 46.3 Å². The molecule has 90 valence electrons. The van der Waals surface area contributed by atoms with Crippen LogP contribution in [0, 0.1) is 0 Å². The van der Waals surface area contributed by atoms with Gasteiger partial charge in [-0.2, -0.15) is 0 Å². The largest absolute Gasteiger partial charge is 0.444 e. The number of anilines is 1. The zero-order chi connectivity index (χ0) is 12.5. The quantitative estimate of drug-likeness (QED) is 0.778. The molecular formula is C12H7BrN2O2S. The lowest BCUT2D eigenvalue weighted by Crippen LogP contribution is -2.10. The van der Waals surface area contributed by atoms with Crippen LogP contribution < -0.4 is 5.32 Å². The lowest BCUT2D eigenvalue weighted by molar-refractivity contribution is 0.0995. The average Bonchev–Trinajstić information content (AvgIpc) is 2.96. The van der Waals surface area contributed by atoms with Crippen molar-refractivity contribution in [2.24, 2.45) is 0 Å². The summed E-state index contributed by atoms with van der Waals surface area (Å²) >= 11 is 4.70. The summed E-state index contributed by atoms with van der Waals surface area (Å²) < 4.78 is 6.75. The number of carbonyl (C=O) groups excluding carboxylic acids is 1. The first-order valence-electron chi connectivity index (χ1n) is 5.12. The van der Waals surface area contributed by atoms with E-state index in [1.807, 2.05) is 18.2 Å². The number of nitrogens with one attached hydrogen (secondary N) is 1. The predicted molar refractivity (Wildman–Crippen MR) is 74.0 cm³/mol. The minimum absolute atomic E-state index is 0.270. The second kappa shape index (κ2) is 4.55. The monoisotopic (exact) mass is 322 g/mol. The number of rotatable bonds is 2. The van der Waals surface area contributed by atoms with Crippen LogP contribution in [0.15, 0.2) is 44.9 Å². The van der Waals surface area contributed by atoms with Crippen molar-refractivity contribution in [3.63, 3.8) is 0 Å². The SMILES string of the molecule is O=C(Nc1ccc2ncsc2c1)c1ccc(Br)o1. The van der Waals surface area contributed by atoms with Crippen molar-refractivity contribution < 1.29 is 9.21 Å². The lowest BCUT2D eigenvalue weighted by atomic mass is 10.3. The smallest absolute Gasteiger partial charge is 0.291 e. The van der Waals surface area contributed by atoms with E-state index in [4.69, 9.17) is 4.42 Å².